The van der Waals surface area contributed by atoms with Gasteiger partial charge >= 0.3 is 0 Å². The van der Waals surface area contributed by atoms with Crippen LogP contribution in [0.5, 0.6) is 0 Å². The Balaban J connectivity index is 1.03. The largest absolute Gasteiger partial charge is 0.309 e. The second-order valence-electron chi connectivity index (χ2n) is 19.7. The molecule has 0 amide bonds. The van der Waals surface area contributed by atoms with Crippen LogP contribution in [-0.4, -0.2) is 14.5 Å². The molecule has 0 spiro atoms. The van der Waals surface area contributed by atoms with Gasteiger partial charge in [0.15, 0.2) is 0 Å². The van der Waals surface area contributed by atoms with E-state index >= 15 is 0 Å². The molecule has 10 aromatic carbocycles. The highest BCUT2D eigenvalue weighted by molar-refractivity contribution is 6.30. The molecule has 2 heterocycles. The molecule has 12 aromatic rings. The third-order valence-corrected chi connectivity index (χ3v) is 15.4. The molecule has 14 rings (SSSR count). The number of hydrogen-bond acceptors (Lipinski definition) is 2. The van der Waals surface area contributed by atoms with E-state index in [2.05, 4.69) is 232 Å². The van der Waals surface area contributed by atoms with Gasteiger partial charge in [0.1, 0.15) is 0 Å². The smallest absolute Gasteiger partial charge is 0.0973 e. The van der Waals surface area contributed by atoms with Crippen molar-refractivity contribution in [2.75, 3.05) is 0 Å². The van der Waals surface area contributed by atoms with Gasteiger partial charge < -0.3 is 4.57 Å². The summed E-state index contributed by atoms with van der Waals surface area (Å²) in [5, 5.41) is 7.48. The monoisotopic (exact) mass is 855 g/mol. The van der Waals surface area contributed by atoms with Gasteiger partial charge in [0.05, 0.1) is 33.5 Å². The summed E-state index contributed by atoms with van der Waals surface area (Å²) >= 11 is 0. The van der Waals surface area contributed by atoms with Crippen molar-refractivity contribution < 1.29 is 0 Å². The van der Waals surface area contributed by atoms with Crippen molar-refractivity contribution in [3.63, 3.8) is 0 Å². The highest BCUT2D eigenvalue weighted by Gasteiger charge is 2.37. The summed E-state index contributed by atoms with van der Waals surface area (Å²) in [5.41, 5.74) is 21.7. The van der Waals surface area contributed by atoms with Gasteiger partial charge in [0.2, 0.25) is 0 Å². The Hall–Kier alpha value is -8.14. The van der Waals surface area contributed by atoms with Gasteiger partial charge in [0, 0.05) is 38.4 Å². The summed E-state index contributed by atoms with van der Waals surface area (Å²) in [6.45, 7) is 9.39. The molecule has 2 aliphatic carbocycles. The summed E-state index contributed by atoms with van der Waals surface area (Å²) < 4.78 is 2.46. The van der Waals surface area contributed by atoms with Crippen LogP contribution in [0.4, 0.5) is 0 Å². The van der Waals surface area contributed by atoms with Gasteiger partial charge in [-0.25, -0.2) is 9.97 Å². The molecule has 0 N–H and O–H groups in total. The first-order valence-electron chi connectivity index (χ1n) is 23.5. The zero-order valence-corrected chi connectivity index (χ0v) is 37.9. The van der Waals surface area contributed by atoms with Crippen LogP contribution in [0.25, 0.3) is 116 Å². The summed E-state index contributed by atoms with van der Waals surface area (Å²) in [6.07, 6.45) is 0. The van der Waals surface area contributed by atoms with Crippen LogP contribution in [0, 0.1) is 0 Å². The maximum absolute atomic E-state index is 5.73. The van der Waals surface area contributed by atoms with Crippen LogP contribution in [0.1, 0.15) is 49.9 Å². The van der Waals surface area contributed by atoms with E-state index in [0.29, 0.717) is 0 Å². The quantitative estimate of drug-likeness (QED) is 0.177. The van der Waals surface area contributed by atoms with E-state index in [4.69, 9.17) is 9.97 Å². The fourth-order valence-corrected chi connectivity index (χ4v) is 12.1. The summed E-state index contributed by atoms with van der Waals surface area (Å²) in [4.78, 5) is 11.4. The van der Waals surface area contributed by atoms with Gasteiger partial charge in [-0.3, -0.25) is 0 Å². The predicted octanol–water partition coefficient (Wildman–Crippen LogP) is 16.6. The number of rotatable bonds is 4. The minimum atomic E-state index is -0.160. The van der Waals surface area contributed by atoms with Crippen molar-refractivity contribution >= 4 is 54.4 Å². The predicted molar refractivity (Wildman–Crippen MR) is 280 cm³/mol. The Kier molecular flexibility index (Phi) is 7.80. The van der Waals surface area contributed by atoms with Crippen LogP contribution < -0.4 is 0 Å². The molecule has 0 bridgehead atoms. The van der Waals surface area contributed by atoms with Crippen LogP contribution in [0.2, 0.25) is 0 Å². The topological polar surface area (TPSA) is 30.7 Å². The first kappa shape index (κ1) is 38.2. The molecule has 0 atom stereocenters. The van der Waals surface area contributed by atoms with Crippen molar-refractivity contribution in [2.24, 2.45) is 0 Å². The molecular weight excluding hydrogens is 811 g/mol. The lowest BCUT2D eigenvalue weighted by atomic mass is 9.81. The van der Waals surface area contributed by atoms with E-state index in [-0.39, 0.29) is 10.8 Å². The molecule has 0 fully saturated rings. The molecule has 0 saturated heterocycles. The van der Waals surface area contributed by atoms with Gasteiger partial charge in [0.25, 0.3) is 0 Å². The van der Waals surface area contributed by atoms with Crippen LogP contribution in [-0.2, 0) is 10.8 Å². The Morgan fingerprint density at radius 2 is 0.881 bits per heavy atom. The maximum Gasteiger partial charge on any atom is 0.0973 e. The van der Waals surface area contributed by atoms with E-state index in [1.807, 2.05) is 0 Å². The Morgan fingerprint density at radius 1 is 0.343 bits per heavy atom. The van der Waals surface area contributed by atoms with E-state index in [9.17, 15) is 0 Å². The van der Waals surface area contributed by atoms with E-state index < -0.39 is 0 Å². The second kappa shape index (κ2) is 13.7. The normalized spacial score (nSPS) is 14.2. The number of nitrogens with zero attached hydrogens (tertiary/aromatic N) is 3. The molecule has 2 aliphatic rings. The summed E-state index contributed by atoms with van der Waals surface area (Å²) in [7, 11) is 0. The molecule has 3 nitrogen and oxygen atoms in total. The summed E-state index contributed by atoms with van der Waals surface area (Å²) in [6, 6.07) is 73.8. The van der Waals surface area contributed by atoms with Gasteiger partial charge in [-0.05, 0) is 120 Å². The van der Waals surface area contributed by atoms with Crippen molar-refractivity contribution in [2.45, 2.75) is 38.5 Å². The van der Waals surface area contributed by atoms with Crippen molar-refractivity contribution in [1.82, 2.24) is 14.5 Å². The lowest BCUT2D eigenvalue weighted by molar-refractivity contribution is 0.660. The fraction of sp³-hybridized carbons (Fsp3) is 0.0938. The highest BCUT2D eigenvalue weighted by Crippen LogP contribution is 2.52. The molecule has 0 unspecified atom stereocenters. The maximum atomic E-state index is 5.73. The number of fused-ring (bicyclic) bond motifs is 14. The minimum absolute atomic E-state index is 0.149. The Bertz CT molecular complexity index is 4090. The molecule has 0 radical (unpaired) electrons. The molecule has 316 valence electrons. The summed E-state index contributed by atoms with van der Waals surface area (Å²) in [5.74, 6) is 0. The van der Waals surface area contributed by atoms with Gasteiger partial charge in [-0.15, -0.1) is 0 Å². The second-order valence-corrected chi connectivity index (χ2v) is 19.7. The molecule has 2 aromatic heterocycles. The zero-order chi connectivity index (χ0) is 44.8. The number of aromatic nitrogens is 3. The van der Waals surface area contributed by atoms with E-state index in [0.717, 1.165) is 50.3 Å². The third kappa shape index (κ3) is 5.34. The van der Waals surface area contributed by atoms with Crippen molar-refractivity contribution in [3.8, 4) is 61.6 Å². The lowest BCUT2D eigenvalue weighted by Crippen LogP contribution is -2.15. The number of benzene rings is 10. The Morgan fingerprint density at radius 3 is 1.55 bits per heavy atom. The highest BCUT2D eigenvalue weighted by atomic mass is 15.0. The van der Waals surface area contributed by atoms with E-state index in [1.54, 1.807) is 0 Å². The minimum Gasteiger partial charge on any atom is -0.309 e. The zero-order valence-electron chi connectivity index (χ0n) is 37.9. The van der Waals surface area contributed by atoms with Crippen molar-refractivity contribution in [3.05, 3.63) is 222 Å². The molecule has 67 heavy (non-hydrogen) atoms. The average Bonchev–Trinajstić information content (AvgIpc) is 3.92. The molecule has 3 heteroatoms. The first-order valence-corrected chi connectivity index (χ1v) is 23.5. The molecular formula is C64H45N3. The molecule has 0 saturated carbocycles. The van der Waals surface area contributed by atoms with Crippen LogP contribution in [0.15, 0.2) is 200 Å². The first-order chi connectivity index (χ1) is 32.7. The lowest BCUT2D eigenvalue weighted by Gasteiger charge is -2.23. The van der Waals surface area contributed by atoms with Gasteiger partial charge in [-0.1, -0.05) is 185 Å². The Labute approximate surface area is 389 Å². The van der Waals surface area contributed by atoms with Gasteiger partial charge in [-0.2, -0.15) is 0 Å². The SMILES string of the molecule is CC1(C)c2ccccc2-c2ccc(-c3nc4ccc(-n5c6ccc7ccccc7c6c6c7ccccc7c(-c7ccccc7)cc65)cc4nc3-c3ccc4c(c3)C(C)(C)c3ccccc3-4)cc21. The van der Waals surface area contributed by atoms with E-state index in [1.165, 1.54) is 88.0 Å². The molecule has 0 aliphatic heterocycles. The van der Waals surface area contributed by atoms with Crippen molar-refractivity contribution in [1.29, 1.82) is 0 Å². The van der Waals surface area contributed by atoms with Crippen LogP contribution in [0.3, 0.4) is 0 Å². The third-order valence-electron chi connectivity index (χ3n) is 15.4. The number of hydrogen-bond donors (Lipinski definition) is 0. The average molecular weight is 856 g/mol. The standard InChI is InChI=1S/C64H45N3/c1-63(2)51-24-14-12-21-45(51)47-30-26-40(34-53(47)63)61-62(41-27-31-48-46-22-13-15-25-52(46)64(3,4)54(48)35-41)66-56-36-42(29-32-55(56)65-61)67-57-33-28-39-18-8-9-19-43(39)59(57)60-49-23-11-10-20-44(49)50(37-58(60)67)38-16-6-5-7-17-38/h5-37H,1-4H3. The fourth-order valence-electron chi connectivity index (χ4n) is 12.1. The van der Waals surface area contributed by atoms with Crippen LogP contribution >= 0.6 is 0 Å².